The second kappa shape index (κ2) is 11.8. The van der Waals surface area contributed by atoms with Crippen LogP contribution in [0.25, 0.3) is 0 Å². The van der Waals surface area contributed by atoms with Crippen LogP contribution in [-0.2, 0) is 28.1 Å². The third kappa shape index (κ3) is 9.29. The monoisotopic (exact) mass is 468 g/mol. The molecule has 1 N–H and O–H groups in total. The maximum absolute atomic E-state index is 13.3. The summed E-state index contributed by atoms with van der Waals surface area (Å²) in [6.07, 6.45) is -3.54. The number of halogens is 5. The smallest absolute Gasteiger partial charge is 0.391 e. The van der Waals surface area contributed by atoms with E-state index in [0.717, 1.165) is 11.6 Å². The molecule has 0 bridgehead atoms. The molecule has 0 fully saturated rings. The van der Waals surface area contributed by atoms with Crippen molar-refractivity contribution in [2.45, 2.75) is 32.5 Å². The standard InChI is InChI=1S/C18H16Cl2F3NO.HNO2S/c1-2-3-17(24-25-11-12-4-6-13(19)7-5-12)15-10-14(20)8-9-16(15)18(21,22)23;1-4(2)3/h4-10H,2-3,11H2,1H3;1H/b24-17+;. The highest BCUT2D eigenvalue weighted by atomic mass is 35.5. The van der Waals surface area contributed by atoms with Crippen LogP contribution in [0.3, 0.4) is 0 Å². The summed E-state index contributed by atoms with van der Waals surface area (Å²) in [7, 11) is -2.61. The fraction of sp³-hybridized carbons (Fsp3) is 0.278. The van der Waals surface area contributed by atoms with Crippen LogP contribution in [0.2, 0.25) is 10.0 Å². The molecule has 5 nitrogen and oxygen atoms in total. The van der Waals surface area contributed by atoms with Crippen LogP contribution in [-0.4, -0.2) is 14.1 Å². The van der Waals surface area contributed by atoms with Gasteiger partial charge < -0.3 is 4.84 Å². The van der Waals surface area contributed by atoms with Gasteiger partial charge in [0.05, 0.1) is 11.3 Å². The molecule has 0 atom stereocenters. The number of hydrogen-bond acceptors (Lipinski definition) is 5. The summed E-state index contributed by atoms with van der Waals surface area (Å²) in [5.41, 5.74) is 0.189. The first-order chi connectivity index (χ1) is 13.5. The van der Waals surface area contributed by atoms with Crippen molar-refractivity contribution in [2.75, 3.05) is 0 Å². The molecular weight excluding hydrogens is 452 g/mol. The minimum atomic E-state index is -4.50. The summed E-state index contributed by atoms with van der Waals surface area (Å²) >= 11 is 11.7. The highest BCUT2D eigenvalue weighted by molar-refractivity contribution is 7.60. The van der Waals surface area contributed by atoms with E-state index in [9.17, 15) is 13.2 Å². The topological polar surface area (TPSA) is 79.6 Å². The molecule has 0 radical (unpaired) electrons. The van der Waals surface area contributed by atoms with Crippen LogP contribution in [0.5, 0.6) is 0 Å². The molecule has 158 valence electrons. The third-order valence-electron chi connectivity index (χ3n) is 3.40. The Morgan fingerprint density at radius 3 is 2.17 bits per heavy atom. The number of hydrogen-bond donors (Lipinski definition) is 1. The molecule has 0 aliphatic heterocycles. The maximum Gasteiger partial charge on any atom is 0.417 e. The Balaban J connectivity index is 0.000000960. The molecule has 0 aromatic heterocycles. The number of nitrogens with zero attached hydrogens (tertiary/aromatic N) is 1. The van der Waals surface area contributed by atoms with Crippen molar-refractivity contribution in [1.29, 1.82) is 4.78 Å². The third-order valence-corrected chi connectivity index (χ3v) is 3.89. The molecule has 0 saturated heterocycles. The predicted molar refractivity (Wildman–Crippen MR) is 106 cm³/mol. The Hall–Kier alpha value is -2.10. The van der Waals surface area contributed by atoms with E-state index in [2.05, 4.69) is 5.16 Å². The van der Waals surface area contributed by atoms with E-state index in [1.54, 1.807) is 24.3 Å². The van der Waals surface area contributed by atoms with Gasteiger partial charge in [-0.2, -0.15) is 26.4 Å². The fourth-order valence-electron chi connectivity index (χ4n) is 2.23. The molecule has 0 saturated carbocycles. The number of benzene rings is 2. The van der Waals surface area contributed by atoms with Crippen LogP contribution in [0, 0.1) is 4.78 Å². The second-order valence-corrected chi connectivity index (χ2v) is 6.95. The van der Waals surface area contributed by atoms with E-state index in [1.165, 1.54) is 12.1 Å². The lowest BCUT2D eigenvalue weighted by Crippen LogP contribution is -2.14. The van der Waals surface area contributed by atoms with Crippen LogP contribution in [0.15, 0.2) is 47.6 Å². The first-order valence-electron chi connectivity index (χ1n) is 8.15. The van der Waals surface area contributed by atoms with Crippen molar-refractivity contribution in [3.05, 3.63) is 69.2 Å². The van der Waals surface area contributed by atoms with Crippen LogP contribution in [0.4, 0.5) is 13.2 Å². The quantitative estimate of drug-likeness (QED) is 0.395. The van der Waals surface area contributed by atoms with Crippen LogP contribution in [0.1, 0.15) is 36.5 Å². The van der Waals surface area contributed by atoms with Crippen molar-refractivity contribution in [2.24, 2.45) is 5.16 Å². The number of oxime groups is 1. The largest absolute Gasteiger partial charge is 0.417 e. The summed E-state index contributed by atoms with van der Waals surface area (Å²) in [6.45, 7) is 1.98. The highest BCUT2D eigenvalue weighted by Gasteiger charge is 2.34. The first-order valence-corrected chi connectivity index (χ1v) is 9.98. The van der Waals surface area contributed by atoms with Crippen molar-refractivity contribution >= 4 is 39.4 Å². The lowest BCUT2D eigenvalue weighted by Gasteiger charge is -2.14. The number of rotatable bonds is 6. The molecule has 29 heavy (non-hydrogen) atoms. The van der Waals surface area contributed by atoms with E-state index in [1.807, 2.05) is 6.92 Å². The minimum absolute atomic E-state index is 0.0574. The zero-order chi connectivity index (χ0) is 22.0. The van der Waals surface area contributed by atoms with E-state index >= 15 is 0 Å². The Kier molecular flexibility index (Phi) is 10.1. The Morgan fingerprint density at radius 2 is 1.66 bits per heavy atom. The van der Waals surface area contributed by atoms with Gasteiger partial charge in [-0.05, 0) is 42.3 Å². The number of alkyl halides is 3. The zero-order valence-corrected chi connectivity index (χ0v) is 17.5. The van der Waals surface area contributed by atoms with Crippen molar-refractivity contribution in [3.63, 3.8) is 0 Å². The van der Waals surface area contributed by atoms with E-state index < -0.39 is 22.2 Å². The summed E-state index contributed by atoms with van der Waals surface area (Å²) < 4.78 is 62.6. The van der Waals surface area contributed by atoms with Gasteiger partial charge in [-0.3, -0.25) is 0 Å². The SMILES string of the molecule is CCC/C(=N\OCc1ccc(Cl)cc1)c1cc(Cl)ccc1C(F)(F)F.N=S(=O)=O. The summed E-state index contributed by atoms with van der Waals surface area (Å²) in [5, 5.41) is 4.74. The number of nitrogens with one attached hydrogen (secondary N) is 1. The Morgan fingerprint density at radius 1 is 1.10 bits per heavy atom. The van der Waals surface area contributed by atoms with Crippen LogP contribution >= 0.6 is 23.2 Å². The Bertz CT molecular complexity index is 942. The molecule has 2 aromatic rings. The molecule has 0 amide bonds. The lowest BCUT2D eigenvalue weighted by molar-refractivity contribution is -0.137. The summed E-state index contributed by atoms with van der Waals surface area (Å²) in [4.78, 5) is 5.27. The van der Waals surface area contributed by atoms with E-state index in [0.29, 0.717) is 17.9 Å². The molecule has 11 heteroatoms. The second-order valence-electron chi connectivity index (χ2n) is 5.61. The molecule has 2 rings (SSSR count). The first kappa shape index (κ1) is 24.9. The molecule has 0 heterocycles. The van der Waals surface area contributed by atoms with Gasteiger partial charge in [0.2, 0.25) is 0 Å². The van der Waals surface area contributed by atoms with Gasteiger partial charge in [-0.15, -0.1) is 0 Å². The molecule has 2 aromatic carbocycles. The average molecular weight is 469 g/mol. The predicted octanol–water partition coefficient (Wildman–Crippen LogP) is 6.36. The lowest BCUT2D eigenvalue weighted by atomic mass is 9.99. The maximum atomic E-state index is 13.3. The van der Waals surface area contributed by atoms with Gasteiger partial charge in [0.1, 0.15) is 6.61 Å². The van der Waals surface area contributed by atoms with Gasteiger partial charge in [-0.1, -0.05) is 53.8 Å². The van der Waals surface area contributed by atoms with E-state index in [-0.39, 0.29) is 22.9 Å². The van der Waals surface area contributed by atoms with Gasteiger partial charge in [0.25, 0.3) is 0 Å². The van der Waals surface area contributed by atoms with Gasteiger partial charge in [0, 0.05) is 15.6 Å². The zero-order valence-electron chi connectivity index (χ0n) is 15.1. The summed E-state index contributed by atoms with van der Waals surface area (Å²) in [5.74, 6) is 0. The van der Waals surface area contributed by atoms with Crippen molar-refractivity contribution < 1.29 is 26.4 Å². The van der Waals surface area contributed by atoms with Gasteiger partial charge in [-0.25, -0.2) is 0 Å². The normalized spacial score (nSPS) is 11.4. The highest BCUT2D eigenvalue weighted by Crippen LogP contribution is 2.34. The van der Waals surface area contributed by atoms with Crippen LogP contribution < -0.4 is 0 Å². The molecule has 0 aliphatic rings. The fourth-order valence-corrected chi connectivity index (χ4v) is 2.53. The molecule has 0 unspecified atom stereocenters. The Labute approximate surface area is 177 Å². The van der Waals surface area contributed by atoms with Gasteiger partial charge in [0.15, 0.2) is 0 Å². The van der Waals surface area contributed by atoms with Gasteiger partial charge >= 0.3 is 16.7 Å². The molecule has 0 aliphatic carbocycles. The molecular formula is C18H17Cl2F3N2O3S. The van der Waals surface area contributed by atoms with E-state index in [4.69, 9.17) is 41.2 Å². The summed E-state index contributed by atoms with van der Waals surface area (Å²) in [6, 6.07) is 10.4. The molecule has 0 spiro atoms. The van der Waals surface area contributed by atoms with Crippen molar-refractivity contribution in [3.8, 4) is 0 Å². The average Bonchev–Trinajstić information content (AvgIpc) is 2.61. The van der Waals surface area contributed by atoms with Crippen molar-refractivity contribution in [1.82, 2.24) is 0 Å². The minimum Gasteiger partial charge on any atom is -0.391 e.